The lowest BCUT2D eigenvalue weighted by atomic mass is 9.96. The first-order valence-corrected chi connectivity index (χ1v) is 7.18. The summed E-state index contributed by atoms with van der Waals surface area (Å²) in [6.45, 7) is 4.77. The second kappa shape index (κ2) is 6.87. The van der Waals surface area contributed by atoms with E-state index in [1.807, 2.05) is 18.2 Å². The number of hydrogen-bond acceptors (Lipinski definition) is 1. The fourth-order valence-electron chi connectivity index (χ4n) is 2.30. The Bertz CT molecular complexity index is 554. The molecule has 0 aliphatic rings. The minimum Gasteiger partial charge on any atom is -0.306 e. The average molecular weight is 292 g/mol. The van der Waals surface area contributed by atoms with E-state index >= 15 is 0 Å². The van der Waals surface area contributed by atoms with Gasteiger partial charge in [0.05, 0.1) is 5.02 Å². The van der Waals surface area contributed by atoms with Gasteiger partial charge < -0.3 is 5.32 Å². The van der Waals surface area contributed by atoms with Crippen LogP contribution < -0.4 is 5.32 Å². The number of benzene rings is 2. The molecule has 3 heteroatoms. The molecule has 106 valence electrons. The first kappa shape index (κ1) is 15.0. The van der Waals surface area contributed by atoms with Crippen molar-refractivity contribution < 1.29 is 4.39 Å². The molecule has 1 N–H and O–H groups in total. The molecule has 0 aliphatic carbocycles. The SMILES string of the molecule is CC(C)C(NCc1cccc(Cl)c1F)c1ccccc1. The summed E-state index contributed by atoms with van der Waals surface area (Å²) >= 11 is 5.81. The topological polar surface area (TPSA) is 12.0 Å². The molecule has 2 aromatic rings. The van der Waals surface area contributed by atoms with Crippen LogP contribution in [0.15, 0.2) is 48.5 Å². The standard InChI is InChI=1S/C17H19ClFN/c1-12(2)17(13-7-4-3-5-8-13)20-11-14-9-6-10-15(18)16(14)19/h3-10,12,17,20H,11H2,1-2H3. The van der Waals surface area contributed by atoms with E-state index in [-0.39, 0.29) is 16.9 Å². The Morgan fingerprint density at radius 3 is 2.40 bits per heavy atom. The Kier molecular flexibility index (Phi) is 5.16. The van der Waals surface area contributed by atoms with Crippen LogP contribution in [-0.4, -0.2) is 0 Å². The van der Waals surface area contributed by atoms with Crippen LogP contribution in [0.4, 0.5) is 4.39 Å². The van der Waals surface area contributed by atoms with Crippen LogP contribution >= 0.6 is 11.6 Å². The van der Waals surface area contributed by atoms with Gasteiger partial charge in [-0.3, -0.25) is 0 Å². The van der Waals surface area contributed by atoms with Gasteiger partial charge in [0, 0.05) is 18.2 Å². The van der Waals surface area contributed by atoms with Gasteiger partial charge in [-0.2, -0.15) is 0 Å². The Hall–Kier alpha value is -1.38. The van der Waals surface area contributed by atoms with Crippen molar-refractivity contribution in [2.24, 2.45) is 5.92 Å². The van der Waals surface area contributed by atoms with Crippen LogP contribution in [0, 0.1) is 11.7 Å². The number of halogens is 2. The lowest BCUT2D eigenvalue weighted by molar-refractivity contribution is 0.406. The monoisotopic (exact) mass is 291 g/mol. The summed E-state index contributed by atoms with van der Waals surface area (Å²) in [5, 5.41) is 3.59. The van der Waals surface area contributed by atoms with Crippen LogP contribution in [0.2, 0.25) is 5.02 Å². The summed E-state index contributed by atoms with van der Waals surface area (Å²) in [6, 6.07) is 15.5. The van der Waals surface area contributed by atoms with Gasteiger partial charge in [-0.1, -0.05) is 67.9 Å². The van der Waals surface area contributed by atoms with Gasteiger partial charge in [-0.25, -0.2) is 4.39 Å². The van der Waals surface area contributed by atoms with E-state index < -0.39 is 0 Å². The second-order valence-electron chi connectivity index (χ2n) is 5.23. The maximum absolute atomic E-state index is 13.9. The van der Waals surface area contributed by atoms with Gasteiger partial charge in [0.2, 0.25) is 0 Å². The van der Waals surface area contributed by atoms with Gasteiger partial charge in [0.15, 0.2) is 0 Å². The lowest BCUT2D eigenvalue weighted by Crippen LogP contribution is -2.25. The minimum absolute atomic E-state index is 0.171. The lowest BCUT2D eigenvalue weighted by Gasteiger charge is -2.23. The molecule has 0 fully saturated rings. The van der Waals surface area contributed by atoms with Crippen molar-refractivity contribution in [3.63, 3.8) is 0 Å². The molecule has 20 heavy (non-hydrogen) atoms. The quantitative estimate of drug-likeness (QED) is 0.820. The number of hydrogen-bond donors (Lipinski definition) is 1. The van der Waals surface area contributed by atoms with Gasteiger partial charge in [-0.15, -0.1) is 0 Å². The van der Waals surface area contributed by atoms with E-state index in [9.17, 15) is 4.39 Å². The summed E-state index contributed by atoms with van der Waals surface area (Å²) in [5.74, 6) is 0.0804. The van der Waals surface area contributed by atoms with E-state index in [2.05, 4.69) is 31.3 Å². The fourth-order valence-corrected chi connectivity index (χ4v) is 2.50. The first-order valence-electron chi connectivity index (χ1n) is 6.81. The second-order valence-corrected chi connectivity index (χ2v) is 5.63. The van der Waals surface area contributed by atoms with Crippen molar-refractivity contribution in [2.75, 3.05) is 0 Å². The third-order valence-corrected chi connectivity index (χ3v) is 3.66. The van der Waals surface area contributed by atoms with Crippen molar-refractivity contribution in [3.8, 4) is 0 Å². The summed E-state index contributed by atoms with van der Waals surface area (Å²) < 4.78 is 13.9. The van der Waals surface area contributed by atoms with Crippen molar-refractivity contribution >= 4 is 11.6 Å². The predicted octanol–water partition coefficient (Wildman–Crippen LogP) is 4.97. The minimum atomic E-state index is -0.336. The molecule has 0 saturated heterocycles. The zero-order valence-electron chi connectivity index (χ0n) is 11.7. The molecule has 0 aromatic heterocycles. The van der Waals surface area contributed by atoms with Crippen LogP contribution in [0.1, 0.15) is 31.0 Å². The van der Waals surface area contributed by atoms with E-state index in [0.29, 0.717) is 18.0 Å². The van der Waals surface area contributed by atoms with E-state index in [1.165, 1.54) is 5.56 Å². The first-order chi connectivity index (χ1) is 9.59. The zero-order valence-corrected chi connectivity index (χ0v) is 12.5. The highest BCUT2D eigenvalue weighted by Gasteiger charge is 2.16. The Balaban J connectivity index is 2.12. The molecule has 0 bridgehead atoms. The van der Waals surface area contributed by atoms with Gasteiger partial charge in [0.1, 0.15) is 5.82 Å². The molecule has 1 atom stereocenters. The van der Waals surface area contributed by atoms with Gasteiger partial charge >= 0.3 is 0 Å². The Labute approximate surface area is 124 Å². The number of nitrogens with one attached hydrogen (secondary N) is 1. The molecule has 0 spiro atoms. The Morgan fingerprint density at radius 2 is 1.75 bits per heavy atom. The number of rotatable bonds is 5. The normalized spacial score (nSPS) is 12.7. The molecule has 1 nitrogen and oxygen atoms in total. The Morgan fingerprint density at radius 1 is 1.05 bits per heavy atom. The van der Waals surface area contributed by atoms with Crippen molar-refractivity contribution in [3.05, 3.63) is 70.5 Å². The molecule has 2 rings (SSSR count). The van der Waals surface area contributed by atoms with Gasteiger partial charge in [-0.05, 0) is 17.5 Å². The van der Waals surface area contributed by atoms with Crippen molar-refractivity contribution in [2.45, 2.75) is 26.4 Å². The van der Waals surface area contributed by atoms with Crippen LogP contribution in [-0.2, 0) is 6.54 Å². The maximum atomic E-state index is 13.9. The molecule has 0 radical (unpaired) electrons. The summed E-state index contributed by atoms with van der Waals surface area (Å²) in [7, 11) is 0. The molecule has 1 unspecified atom stereocenters. The molecule has 0 amide bonds. The van der Waals surface area contributed by atoms with E-state index in [0.717, 1.165) is 0 Å². The highest BCUT2D eigenvalue weighted by molar-refractivity contribution is 6.30. The largest absolute Gasteiger partial charge is 0.306 e. The zero-order chi connectivity index (χ0) is 14.5. The van der Waals surface area contributed by atoms with Gasteiger partial charge in [0.25, 0.3) is 0 Å². The van der Waals surface area contributed by atoms with E-state index in [4.69, 9.17) is 11.6 Å². The summed E-state index contributed by atoms with van der Waals surface area (Å²) in [6.07, 6.45) is 0. The van der Waals surface area contributed by atoms with Crippen LogP contribution in [0.5, 0.6) is 0 Å². The van der Waals surface area contributed by atoms with Crippen LogP contribution in [0.25, 0.3) is 0 Å². The predicted molar refractivity (Wildman–Crippen MR) is 82.3 cm³/mol. The van der Waals surface area contributed by atoms with Crippen molar-refractivity contribution in [1.29, 1.82) is 0 Å². The maximum Gasteiger partial charge on any atom is 0.146 e. The highest BCUT2D eigenvalue weighted by atomic mass is 35.5. The van der Waals surface area contributed by atoms with Crippen LogP contribution in [0.3, 0.4) is 0 Å². The summed E-state index contributed by atoms with van der Waals surface area (Å²) in [5.41, 5.74) is 1.81. The third kappa shape index (κ3) is 3.59. The van der Waals surface area contributed by atoms with E-state index in [1.54, 1.807) is 18.2 Å². The smallest absolute Gasteiger partial charge is 0.146 e. The molecule has 0 aliphatic heterocycles. The average Bonchev–Trinajstić information content (AvgIpc) is 2.44. The highest BCUT2D eigenvalue weighted by Crippen LogP contribution is 2.23. The molecule has 0 heterocycles. The third-order valence-electron chi connectivity index (χ3n) is 3.37. The molecule has 0 saturated carbocycles. The van der Waals surface area contributed by atoms with Crippen molar-refractivity contribution in [1.82, 2.24) is 5.32 Å². The molecule has 2 aromatic carbocycles. The summed E-state index contributed by atoms with van der Waals surface area (Å²) in [4.78, 5) is 0. The fraction of sp³-hybridized carbons (Fsp3) is 0.294. The molecular formula is C17H19ClFN. The molecular weight excluding hydrogens is 273 g/mol.